The number of hydrogen-bond donors (Lipinski definition) is 1. The Bertz CT molecular complexity index is 1030. The molecule has 162 valence electrons. The van der Waals surface area contributed by atoms with Crippen molar-refractivity contribution in [3.8, 4) is 11.5 Å². The Labute approximate surface area is 177 Å². The topological polar surface area (TPSA) is 97.3 Å². The summed E-state index contributed by atoms with van der Waals surface area (Å²) in [5.74, 6) is 0.568. The van der Waals surface area contributed by atoms with E-state index in [2.05, 4.69) is 10.5 Å². The number of nitrogens with one attached hydrogen (secondary N) is 1. The number of carbonyl (C=O) groups is 1. The van der Waals surface area contributed by atoms with E-state index in [-0.39, 0.29) is 6.54 Å². The number of ether oxygens (including phenoxy) is 2. The molecule has 9 heteroatoms. The van der Waals surface area contributed by atoms with Gasteiger partial charge in [-0.2, -0.15) is 5.10 Å². The number of carbonyl (C=O) groups excluding carboxylic acids is 1. The molecule has 0 aromatic heterocycles. The summed E-state index contributed by atoms with van der Waals surface area (Å²) in [5, 5.41) is 4.10. The molecule has 0 aliphatic rings. The van der Waals surface area contributed by atoms with Gasteiger partial charge >= 0.3 is 0 Å². The Morgan fingerprint density at radius 1 is 1.10 bits per heavy atom. The van der Waals surface area contributed by atoms with E-state index in [0.717, 1.165) is 21.7 Å². The van der Waals surface area contributed by atoms with Crippen LogP contribution in [0.1, 0.15) is 25.0 Å². The minimum atomic E-state index is -3.66. The van der Waals surface area contributed by atoms with E-state index in [0.29, 0.717) is 29.3 Å². The highest BCUT2D eigenvalue weighted by molar-refractivity contribution is 7.92. The average molecular weight is 434 g/mol. The van der Waals surface area contributed by atoms with Crippen LogP contribution >= 0.6 is 0 Å². The summed E-state index contributed by atoms with van der Waals surface area (Å²) in [6.45, 7) is 3.27. The molecule has 0 radical (unpaired) electrons. The predicted molar refractivity (Wildman–Crippen MR) is 118 cm³/mol. The third-order valence-corrected chi connectivity index (χ3v) is 5.60. The molecule has 0 aliphatic carbocycles. The molecule has 2 aromatic carbocycles. The van der Waals surface area contributed by atoms with Gasteiger partial charge in [-0.3, -0.25) is 9.10 Å². The fraction of sp³-hybridized carbons (Fsp3) is 0.333. The SMILES string of the molecule is CCc1ccccc1N(CC(=O)N/N=C(/C)c1ccc(OC)c(OC)c1)S(C)(=O)=O. The van der Waals surface area contributed by atoms with Gasteiger partial charge in [-0.25, -0.2) is 13.8 Å². The van der Waals surface area contributed by atoms with Gasteiger partial charge < -0.3 is 9.47 Å². The molecule has 2 aromatic rings. The zero-order valence-electron chi connectivity index (χ0n) is 17.8. The van der Waals surface area contributed by atoms with Crippen molar-refractivity contribution in [3.05, 3.63) is 53.6 Å². The summed E-state index contributed by atoms with van der Waals surface area (Å²) < 4.78 is 36.2. The first-order chi connectivity index (χ1) is 14.2. The summed E-state index contributed by atoms with van der Waals surface area (Å²) in [6.07, 6.45) is 1.71. The Morgan fingerprint density at radius 3 is 2.37 bits per heavy atom. The Kier molecular flexibility index (Phi) is 7.82. The van der Waals surface area contributed by atoms with E-state index in [4.69, 9.17) is 9.47 Å². The number of amides is 1. The molecule has 0 saturated heterocycles. The van der Waals surface area contributed by atoms with Crippen LogP contribution < -0.4 is 19.2 Å². The van der Waals surface area contributed by atoms with Crippen molar-refractivity contribution in [1.29, 1.82) is 0 Å². The van der Waals surface area contributed by atoms with Crippen LogP contribution in [-0.2, 0) is 21.2 Å². The Morgan fingerprint density at radius 2 is 1.77 bits per heavy atom. The quantitative estimate of drug-likeness (QED) is 0.484. The number of para-hydroxylation sites is 1. The molecule has 0 aliphatic heterocycles. The van der Waals surface area contributed by atoms with Gasteiger partial charge in [0.1, 0.15) is 6.54 Å². The molecule has 0 saturated carbocycles. The molecule has 1 amide bonds. The van der Waals surface area contributed by atoms with E-state index in [1.54, 1.807) is 44.4 Å². The zero-order chi connectivity index (χ0) is 22.3. The molecule has 0 unspecified atom stereocenters. The highest BCUT2D eigenvalue weighted by Crippen LogP contribution is 2.27. The lowest BCUT2D eigenvalue weighted by Crippen LogP contribution is -2.39. The molecule has 0 bridgehead atoms. The number of methoxy groups -OCH3 is 2. The van der Waals surface area contributed by atoms with E-state index in [1.807, 2.05) is 19.1 Å². The van der Waals surface area contributed by atoms with E-state index < -0.39 is 15.9 Å². The van der Waals surface area contributed by atoms with Crippen LogP contribution in [0.25, 0.3) is 0 Å². The number of rotatable bonds is 9. The third kappa shape index (κ3) is 5.73. The van der Waals surface area contributed by atoms with Crippen LogP contribution in [0.4, 0.5) is 5.69 Å². The largest absolute Gasteiger partial charge is 0.493 e. The van der Waals surface area contributed by atoms with Crippen molar-refractivity contribution in [3.63, 3.8) is 0 Å². The van der Waals surface area contributed by atoms with Crippen LogP contribution in [0, 0.1) is 0 Å². The monoisotopic (exact) mass is 433 g/mol. The molecule has 0 atom stereocenters. The van der Waals surface area contributed by atoms with Crippen molar-refractivity contribution in [2.24, 2.45) is 5.10 Å². The van der Waals surface area contributed by atoms with Gasteiger partial charge in [-0.15, -0.1) is 0 Å². The highest BCUT2D eigenvalue weighted by Gasteiger charge is 2.22. The van der Waals surface area contributed by atoms with Crippen LogP contribution in [0.5, 0.6) is 11.5 Å². The summed E-state index contributed by atoms with van der Waals surface area (Å²) in [6, 6.07) is 12.4. The van der Waals surface area contributed by atoms with Gasteiger partial charge in [0.25, 0.3) is 5.91 Å². The first-order valence-electron chi connectivity index (χ1n) is 9.32. The van der Waals surface area contributed by atoms with Crippen LogP contribution in [0.15, 0.2) is 47.6 Å². The van der Waals surface area contributed by atoms with Gasteiger partial charge in [0.15, 0.2) is 11.5 Å². The maximum absolute atomic E-state index is 12.5. The van der Waals surface area contributed by atoms with E-state index in [9.17, 15) is 13.2 Å². The van der Waals surface area contributed by atoms with Gasteiger partial charge in [-0.1, -0.05) is 25.1 Å². The Hall–Kier alpha value is -3.07. The molecular weight excluding hydrogens is 406 g/mol. The van der Waals surface area contributed by atoms with Gasteiger partial charge in [0.05, 0.1) is 31.9 Å². The molecule has 2 rings (SSSR count). The number of anilines is 1. The van der Waals surface area contributed by atoms with Gasteiger partial charge in [0.2, 0.25) is 10.0 Å². The molecule has 0 heterocycles. The number of aryl methyl sites for hydroxylation is 1. The second kappa shape index (κ2) is 10.1. The number of benzene rings is 2. The van der Waals surface area contributed by atoms with Crippen molar-refractivity contribution < 1.29 is 22.7 Å². The number of sulfonamides is 1. The minimum Gasteiger partial charge on any atom is -0.493 e. The van der Waals surface area contributed by atoms with Crippen molar-refractivity contribution in [2.45, 2.75) is 20.3 Å². The predicted octanol–water partition coefficient (Wildman–Crippen LogP) is 2.57. The molecule has 8 nitrogen and oxygen atoms in total. The lowest BCUT2D eigenvalue weighted by Gasteiger charge is -2.23. The fourth-order valence-corrected chi connectivity index (χ4v) is 3.76. The number of hydrazone groups is 1. The molecule has 0 fully saturated rings. The smallest absolute Gasteiger partial charge is 0.260 e. The van der Waals surface area contributed by atoms with Crippen LogP contribution in [0.2, 0.25) is 0 Å². The Balaban J connectivity index is 2.20. The summed E-state index contributed by atoms with van der Waals surface area (Å²) in [5.41, 5.74) is 5.00. The first kappa shape index (κ1) is 23.2. The van der Waals surface area contributed by atoms with Crippen molar-refractivity contribution in [1.82, 2.24) is 5.43 Å². The standard InChI is InChI=1S/C21H27N3O5S/c1-6-16-9-7-8-10-18(16)24(30(5,26)27)14-21(25)23-22-15(2)17-11-12-19(28-3)20(13-17)29-4/h7-13H,6,14H2,1-5H3,(H,23,25)/b22-15-. The van der Waals surface area contributed by atoms with Gasteiger partial charge in [0, 0.05) is 5.56 Å². The first-order valence-corrected chi connectivity index (χ1v) is 11.2. The average Bonchev–Trinajstić information content (AvgIpc) is 2.74. The normalized spacial score (nSPS) is 11.7. The van der Waals surface area contributed by atoms with Gasteiger partial charge in [-0.05, 0) is 43.2 Å². The van der Waals surface area contributed by atoms with E-state index >= 15 is 0 Å². The second-order valence-corrected chi connectivity index (χ2v) is 8.46. The minimum absolute atomic E-state index is 0.376. The fourth-order valence-electron chi connectivity index (χ4n) is 2.87. The molecular formula is C21H27N3O5S. The maximum atomic E-state index is 12.5. The lowest BCUT2D eigenvalue weighted by molar-refractivity contribution is -0.119. The van der Waals surface area contributed by atoms with Crippen LogP contribution in [-0.4, -0.2) is 47.1 Å². The third-order valence-electron chi connectivity index (χ3n) is 4.48. The summed E-state index contributed by atoms with van der Waals surface area (Å²) in [4.78, 5) is 12.5. The zero-order valence-corrected chi connectivity index (χ0v) is 18.6. The second-order valence-electron chi connectivity index (χ2n) is 6.55. The van der Waals surface area contributed by atoms with Crippen molar-refractivity contribution in [2.75, 3.05) is 31.3 Å². The molecule has 0 spiro atoms. The lowest BCUT2D eigenvalue weighted by atomic mass is 10.1. The molecule has 30 heavy (non-hydrogen) atoms. The van der Waals surface area contributed by atoms with E-state index in [1.165, 1.54) is 7.11 Å². The maximum Gasteiger partial charge on any atom is 0.260 e. The summed E-state index contributed by atoms with van der Waals surface area (Å²) >= 11 is 0. The van der Waals surface area contributed by atoms with Crippen LogP contribution in [0.3, 0.4) is 0 Å². The molecule has 1 N–H and O–H groups in total. The highest BCUT2D eigenvalue weighted by atomic mass is 32.2. The number of nitrogens with zero attached hydrogens (tertiary/aromatic N) is 2. The van der Waals surface area contributed by atoms with Crippen molar-refractivity contribution >= 4 is 27.3 Å². The summed E-state index contributed by atoms with van der Waals surface area (Å²) in [7, 11) is -0.583. The number of hydrogen-bond acceptors (Lipinski definition) is 6.